The van der Waals surface area contributed by atoms with Gasteiger partial charge < -0.3 is 10.1 Å². The monoisotopic (exact) mass is 376 g/mol. The molecule has 28 heavy (non-hydrogen) atoms. The number of fused-ring (bicyclic) bond motifs is 1. The third-order valence-corrected chi connectivity index (χ3v) is 4.97. The van der Waals surface area contributed by atoms with Gasteiger partial charge in [-0.15, -0.1) is 0 Å². The fraction of sp³-hybridized carbons (Fsp3) is 0.318. The van der Waals surface area contributed by atoms with E-state index in [-0.39, 0.29) is 12.5 Å². The van der Waals surface area contributed by atoms with E-state index in [1.807, 2.05) is 42.5 Å². The molecule has 1 N–H and O–H groups in total. The van der Waals surface area contributed by atoms with Crippen molar-refractivity contribution in [3.05, 3.63) is 66.1 Å². The largest absolute Gasteiger partial charge is 0.484 e. The Hall–Kier alpha value is -3.15. The molecule has 0 aliphatic heterocycles. The number of hydrogen-bond acceptors (Lipinski definition) is 4. The van der Waals surface area contributed by atoms with E-state index < -0.39 is 0 Å². The summed E-state index contributed by atoms with van der Waals surface area (Å²) in [5.41, 5.74) is 4.80. The zero-order valence-corrected chi connectivity index (χ0v) is 15.8. The summed E-state index contributed by atoms with van der Waals surface area (Å²) < 4.78 is 7.54. The summed E-state index contributed by atoms with van der Waals surface area (Å²) in [6, 6.07) is 13.4. The van der Waals surface area contributed by atoms with Crippen LogP contribution in [0.4, 0.5) is 0 Å². The van der Waals surface area contributed by atoms with Crippen LogP contribution in [0.1, 0.15) is 24.1 Å². The first-order valence-electron chi connectivity index (χ1n) is 9.75. The van der Waals surface area contributed by atoms with Crippen LogP contribution in [0, 0.1) is 0 Å². The van der Waals surface area contributed by atoms with Crippen LogP contribution in [-0.4, -0.2) is 33.8 Å². The fourth-order valence-electron chi connectivity index (χ4n) is 3.62. The van der Waals surface area contributed by atoms with Gasteiger partial charge in [-0.05, 0) is 49.9 Å². The summed E-state index contributed by atoms with van der Waals surface area (Å²) in [6.45, 7) is 1.20. The van der Waals surface area contributed by atoms with E-state index in [2.05, 4.69) is 15.0 Å². The topological polar surface area (TPSA) is 69.0 Å². The van der Waals surface area contributed by atoms with Crippen molar-refractivity contribution in [2.75, 3.05) is 13.2 Å². The van der Waals surface area contributed by atoms with E-state index in [0.29, 0.717) is 18.8 Å². The molecule has 1 aliphatic carbocycles. The lowest BCUT2D eigenvalue weighted by Gasteiger charge is -2.14. The first-order valence-corrected chi connectivity index (χ1v) is 9.75. The molecule has 0 saturated heterocycles. The average molecular weight is 376 g/mol. The van der Waals surface area contributed by atoms with Crippen molar-refractivity contribution in [1.82, 2.24) is 20.1 Å². The van der Waals surface area contributed by atoms with Crippen molar-refractivity contribution < 1.29 is 9.53 Å². The zero-order chi connectivity index (χ0) is 19.2. The van der Waals surface area contributed by atoms with Crippen LogP contribution >= 0.6 is 0 Å². The molecule has 1 aliphatic rings. The number of aromatic nitrogens is 3. The molecule has 0 radical (unpaired) electrons. The van der Waals surface area contributed by atoms with Crippen molar-refractivity contribution in [1.29, 1.82) is 0 Å². The Morgan fingerprint density at radius 2 is 1.86 bits per heavy atom. The van der Waals surface area contributed by atoms with E-state index in [0.717, 1.165) is 24.1 Å². The molecule has 0 spiro atoms. The van der Waals surface area contributed by atoms with Crippen molar-refractivity contribution in [3.63, 3.8) is 0 Å². The minimum atomic E-state index is -0.126. The number of para-hydroxylation sites is 1. The van der Waals surface area contributed by atoms with Gasteiger partial charge in [0.05, 0.1) is 12.2 Å². The van der Waals surface area contributed by atoms with E-state index in [1.165, 1.54) is 24.1 Å². The van der Waals surface area contributed by atoms with Crippen LogP contribution in [0.5, 0.6) is 5.75 Å². The number of carbonyl (C=O) groups is 1. The molecule has 6 heteroatoms. The highest BCUT2D eigenvalue weighted by Crippen LogP contribution is 2.30. The molecule has 2 heterocycles. The standard InChI is InChI=1S/C22H24N4O2/c27-21(16-28-18-6-2-1-3-7-18)24-14-15-26-20-9-5-4-8-19(20)22(25-26)17-10-12-23-13-11-17/h1-3,6-7,10-13H,4-5,8-9,14-16H2,(H,24,27). The quantitative estimate of drug-likeness (QED) is 0.688. The number of benzene rings is 1. The minimum absolute atomic E-state index is 0.0174. The average Bonchev–Trinajstić information content (AvgIpc) is 3.12. The smallest absolute Gasteiger partial charge is 0.258 e. The molecule has 0 unspecified atom stereocenters. The predicted octanol–water partition coefficient (Wildman–Crippen LogP) is 3.02. The molecule has 0 saturated carbocycles. The summed E-state index contributed by atoms with van der Waals surface area (Å²) in [6.07, 6.45) is 8.09. The lowest BCUT2D eigenvalue weighted by atomic mass is 9.94. The molecule has 6 nitrogen and oxygen atoms in total. The molecular formula is C22H24N4O2. The van der Waals surface area contributed by atoms with Crippen molar-refractivity contribution in [2.45, 2.75) is 32.2 Å². The Morgan fingerprint density at radius 1 is 1.07 bits per heavy atom. The normalized spacial score (nSPS) is 13.0. The van der Waals surface area contributed by atoms with Crippen LogP contribution < -0.4 is 10.1 Å². The number of pyridine rings is 1. The van der Waals surface area contributed by atoms with Gasteiger partial charge in [0, 0.05) is 35.8 Å². The maximum atomic E-state index is 12.0. The first-order chi connectivity index (χ1) is 13.8. The van der Waals surface area contributed by atoms with Gasteiger partial charge in [-0.2, -0.15) is 5.10 Å². The number of nitrogens with one attached hydrogen (secondary N) is 1. The van der Waals surface area contributed by atoms with Gasteiger partial charge in [-0.1, -0.05) is 18.2 Å². The Bertz CT molecular complexity index is 922. The van der Waals surface area contributed by atoms with E-state index in [9.17, 15) is 4.79 Å². The summed E-state index contributed by atoms with van der Waals surface area (Å²) >= 11 is 0. The fourth-order valence-corrected chi connectivity index (χ4v) is 3.62. The summed E-state index contributed by atoms with van der Waals surface area (Å²) in [5.74, 6) is 0.569. The lowest BCUT2D eigenvalue weighted by molar-refractivity contribution is -0.123. The van der Waals surface area contributed by atoms with Gasteiger partial charge in [0.1, 0.15) is 5.75 Å². The molecule has 0 fully saturated rings. The second kappa shape index (κ2) is 8.69. The van der Waals surface area contributed by atoms with Gasteiger partial charge in [0.2, 0.25) is 0 Å². The highest BCUT2D eigenvalue weighted by molar-refractivity contribution is 5.77. The van der Waals surface area contributed by atoms with Crippen LogP contribution in [0.3, 0.4) is 0 Å². The summed E-state index contributed by atoms with van der Waals surface area (Å²) in [7, 11) is 0. The SMILES string of the molecule is O=C(COc1ccccc1)NCCn1nc(-c2ccncc2)c2c1CCCC2. The Balaban J connectivity index is 1.37. The van der Waals surface area contributed by atoms with Crippen LogP contribution in [0.15, 0.2) is 54.9 Å². The second-order valence-electron chi connectivity index (χ2n) is 6.89. The Morgan fingerprint density at radius 3 is 2.68 bits per heavy atom. The van der Waals surface area contributed by atoms with E-state index in [4.69, 9.17) is 9.84 Å². The van der Waals surface area contributed by atoms with Gasteiger partial charge in [0.15, 0.2) is 6.61 Å². The van der Waals surface area contributed by atoms with Gasteiger partial charge in [-0.3, -0.25) is 14.5 Å². The number of rotatable bonds is 7. The molecule has 144 valence electrons. The number of ether oxygens (including phenoxy) is 1. The van der Waals surface area contributed by atoms with Crippen molar-refractivity contribution in [3.8, 4) is 17.0 Å². The maximum Gasteiger partial charge on any atom is 0.258 e. The van der Waals surface area contributed by atoms with Crippen molar-refractivity contribution in [2.24, 2.45) is 0 Å². The van der Waals surface area contributed by atoms with E-state index in [1.54, 1.807) is 12.4 Å². The number of amides is 1. The highest BCUT2D eigenvalue weighted by atomic mass is 16.5. The van der Waals surface area contributed by atoms with Gasteiger partial charge in [0.25, 0.3) is 5.91 Å². The van der Waals surface area contributed by atoms with E-state index >= 15 is 0 Å². The van der Waals surface area contributed by atoms with Crippen molar-refractivity contribution >= 4 is 5.91 Å². The second-order valence-corrected chi connectivity index (χ2v) is 6.89. The zero-order valence-electron chi connectivity index (χ0n) is 15.8. The predicted molar refractivity (Wildman–Crippen MR) is 107 cm³/mol. The first kappa shape index (κ1) is 18.2. The third kappa shape index (κ3) is 4.22. The molecule has 0 atom stereocenters. The molecule has 4 rings (SSSR count). The molecule has 0 bridgehead atoms. The molecule has 1 aromatic carbocycles. The molecule has 1 amide bonds. The highest BCUT2D eigenvalue weighted by Gasteiger charge is 2.21. The Kier molecular flexibility index (Phi) is 5.66. The third-order valence-electron chi connectivity index (χ3n) is 4.97. The molecule has 3 aromatic rings. The van der Waals surface area contributed by atoms with Gasteiger partial charge in [-0.25, -0.2) is 0 Å². The van der Waals surface area contributed by atoms with Crippen LogP contribution in [0.25, 0.3) is 11.3 Å². The minimum Gasteiger partial charge on any atom is -0.484 e. The Labute approximate surface area is 164 Å². The lowest BCUT2D eigenvalue weighted by Crippen LogP contribution is -2.32. The number of nitrogens with zero attached hydrogens (tertiary/aromatic N) is 3. The molecular weight excluding hydrogens is 352 g/mol. The number of carbonyl (C=O) groups excluding carboxylic acids is 1. The summed E-state index contributed by atoms with van der Waals surface area (Å²) in [5, 5.41) is 7.78. The maximum absolute atomic E-state index is 12.0. The summed E-state index contributed by atoms with van der Waals surface area (Å²) in [4.78, 5) is 16.2. The molecule has 2 aromatic heterocycles. The van der Waals surface area contributed by atoms with Crippen LogP contribution in [-0.2, 0) is 24.2 Å². The van der Waals surface area contributed by atoms with Gasteiger partial charge >= 0.3 is 0 Å². The van der Waals surface area contributed by atoms with Crippen LogP contribution in [0.2, 0.25) is 0 Å². The number of hydrogen-bond donors (Lipinski definition) is 1.